The molecule has 3 rings (SSSR count). The van der Waals surface area contributed by atoms with Gasteiger partial charge in [-0.15, -0.1) is 0 Å². The summed E-state index contributed by atoms with van der Waals surface area (Å²) in [5.41, 5.74) is 2.19. The molecule has 1 atom stereocenters. The Hall–Kier alpha value is -2.93. The summed E-state index contributed by atoms with van der Waals surface area (Å²) in [5.74, 6) is -0.111. The van der Waals surface area contributed by atoms with E-state index in [-0.39, 0.29) is 23.4 Å². The molecule has 0 bridgehead atoms. The van der Waals surface area contributed by atoms with E-state index in [1.807, 2.05) is 38.4 Å². The van der Waals surface area contributed by atoms with Crippen LogP contribution in [0.3, 0.4) is 0 Å². The van der Waals surface area contributed by atoms with Crippen LogP contribution in [0.4, 0.5) is 11.4 Å². The van der Waals surface area contributed by atoms with Crippen LogP contribution in [0.15, 0.2) is 42.5 Å². The van der Waals surface area contributed by atoms with Crippen LogP contribution in [-0.2, 0) is 0 Å². The van der Waals surface area contributed by atoms with Crippen LogP contribution in [-0.4, -0.2) is 43.5 Å². The predicted molar refractivity (Wildman–Crippen MR) is 98.8 cm³/mol. The molecule has 2 aromatic carbocycles. The SMILES string of the molecule is COc1cc(C(=O)N2CCC(N(C)C)c3ccccc32)ccc1[N+](=O)[O-]. The Morgan fingerprint density at radius 1 is 1.27 bits per heavy atom. The molecule has 136 valence electrons. The summed E-state index contributed by atoms with van der Waals surface area (Å²) >= 11 is 0. The molecule has 0 aromatic heterocycles. The lowest BCUT2D eigenvalue weighted by atomic mass is 9.95. The molecule has 7 nitrogen and oxygen atoms in total. The van der Waals surface area contributed by atoms with E-state index >= 15 is 0 Å². The highest BCUT2D eigenvalue weighted by molar-refractivity contribution is 6.07. The van der Waals surface area contributed by atoms with E-state index in [1.54, 1.807) is 4.90 Å². The van der Waals surface area contributed by atoms with Crippen LogP contribution in [0.1, 0.15) is 28.4 Å². The topological polar surface area (TPSA) is 75.9 Å². The van der Waals surface area contributed by atoms with Crippen molar-refractivity contribution in [1.29, 1.82) is 0 Å². The molecule has 7 heteroatoms. The molecule has 0 saturated heterocycles. The molecular formula is C19H21N3O4. The quantitative estimate of drug-likeness (QED) is 0.621. The Labute approximate surface area is 151 Å². The van der Waals surface area contributed by atoms with E-state index in [2.05, 4.69) is 4.90 Å². The number of para-hydroxylation sites is 1. The minimum atomic E-state index is -0.523. The van der Waals surface area contributed by atoms with Gasteiger partial charge in [-0.3, -0.25) is 14.9 Å². The number of methoxy groups -OCH3 is 1. The van der Waals surface area contributed by atoms with Gasteiger partial charge in [0.1, 0.15) is 0 Å². The van der Waals surface area contributed by atoms with Gasteiger partial charge in [-0.05, 0) is 38.2 Å². The summed E-state index contributed by atoms with van der Waals surface area (Å²) in [4.78, 5) is 27.5. The fraction of sp³-hybridized carbons (Fsp3) is 0.316. The largest absolute Gasteiger partial charge is 0.490 e. The maximum atomic E-state index is 13.1. The van der Waals surface area contributed by atoms with Crippen LogP contribution >= 0.6 is 0 Å². The molecule has 26 heavy (non-hydrogen) atoms. The second-order valence-electron chi connectivity index (χ2n) is 6.43. The number of carbonyl (C=O) groups excluding carboxylic acids is 1. The second-order valence-corrected chi connectivity index (χ2v) is 6.43. The summed E-state index contributed by atoms with van der Waals surface area (Å²) < 4.78 is 5.08. The zero-order valence-corrected chi connectivity index (χ0v) is 15.0. The van der Waals surface area contributed by atoms with E-state index in [0.717, 1.165) is 17.7 Å². The number of amides is 1. The maximum Gasteiger partial charge on any atom is 0.310 e. The summed E-state index contributed by atoms with van der Waals surface area (Å²) in [7, 11) is 5.41. The monoisotopic (exact) mass is 355 g/mol. The minimum absolute atomic E-state index is 0.0808. The third-order valence-electron chi connectivity index (χ3n) is 4.70. The average molecular weight is 355 g/mol. The molecule has 0 fully saturated rings. The van der Waals surface area contributed by atoms with Gasteiger partial charge in [0.05, 0.1) is 12.0 Å². The number of hydrogen-bond donors (Lipinski definition) is 0. The molecule has 0 radical (unpaired) electrons. The Balaban J connectivity index is 1.98. The summed E-state index contributed by atoms with van der Waals surface area (Å²) in [6, 6.07) is 12.3. The Bertz CT molecular complexity index is 850. The van der Waals surface area contributed by atoms with E-state index in [1.165, 1.54) is 25.3 Å². The van der Waals surface area contributed by atoms with Crippen molar-refractivity contribution in [3.63, 3.8) is 0 Å². The number of rotatable bonds is 4. The van der Waals surface area contributed by atoms with E-state index < -0.39 is 4.92 Å². The van der Waals surface area contributed by atoms with Gasteiger partial charge in [0, 0.05) is 36.0 Å². The van der Waals surface area contributed by atoms with Gasteiger partial charge < -0.3 is 14.5 Å². The Morgan fingerprint density at radius 3 is 2.65 bits per heavy atom. The van der Waals surface area contributed by atoms with Gasteiger partial charge in [0.2, 0.25) is 0 Å². The van der Waals surface area contributed by atoms with Gasteiger partial charge in [-0.1, -0.05) is 18.2 Å². The average Bonchev–Trinajstić information content (AvgIpc) is 2.65. The lowest BCUT2D eigenvalue weighted by molar-refractivity contribution is -0.385. The van der Waals surface area contributed by atoms with Crippen LogP contribution in [0.5, 0.6) is 5.75 Å². The van der Waals surface area contributed by atoms with Crippen LogP contribution in [0.25, 0.3) is 0 Å². The molecule has 1 heterocycles. The van der Waals surface area contributed by atoms with Crippen molar-refractivity contribution < 1.29 is 14.5 Å². The van der Waals surface area contributed by atoms with E-state index in [0.29, 0.717) is 12.1 Å². The fourth-order valence-corrected chi connectivity index (χ4v) is 3.41. The number of anilines is 1. The second kappa shape index (κ2) is 7.13. The van der Waals surface area contributed by atoms with Crippen molar-refractivity contribution in [2.75, 3.05) is 32.6 Å². The highest BCUT2D eigenvalue weighted by Crippen LogP contribution is 2.37. The minimum Gasteiger partial charge on any atom is -0.490 e. The molecule has 0 saturated carbocycles. The lowest BCUT2D eigenvalue weighted by Gasteiger charge is -2.37. The van der Waals surface area contributed by atoms with Gasteiger partial charge in [-0.2, -0.15) is 0 Å². The van der Waals surface area contributed by atoms with Crippen molar-refractivity contribution >= 4 is 17.3 Å². The molecule has 0 aliphatic carbocycles. The number of nitro groups is 1. The van der Waals surface area contributed by atoms with E-state index in [4.69, 9.17) is 4.74 Å². The van der Waals surface area contributed by atoms with Crippen molar-refractivity contribution in [2.45, 2.75) is 12.5 Å². The molecule has 1 aliphatic heterocycles. The summed E-state index contributed by atoms with van der Waals surface area (Å²) in [5, 5.41) is 11.1. The van der Waals surface area contributed by atoms with Crippen molar-refractivity contribution in [3.8, 4) is 5.75 Å². The molecule has 1 unspecified atom stereocenters. The smallest absolute Gasteiger partial charge is 0.310 e. The number of nitrogens with zero attached hydrogens (tertiary/aromatic N) is 3. The van der Waals surface area contributed by atoms with Crippen molar-refractivity contribution in [3.05, 3.63) is 63.7 Å². The molecule has 1 aliphatic rings. The van der Waals surface area contributed by atoms with Gasteiger partial charge in [-0.25, -0.2) is 0 Å². The van der Waals surface area contributed by atoms with Crippen LogP contribution in [0, 0.1) is 10.1 Å². The van der Waals surface area contributed by atoms with Crippen LogP contribution in [0.2, 0.25) is 0 Å². The fourth-order valence-electron chi connectivity index (χ4n) is 3.41. The highest BCUT2D eigenvalue weighted by atomic mass is 16.6. The first kappa shape index (κ1) is 17.9. The highest BCUT2D eigenvalue weighted by Gasteiger charge is 2.30. The number of carbonyl (C=O) groups is 1. The van der Waals surface area contributed by atoms with Crippen LogP contribution < -0.4 is 9.64 Å². The molecule has 1 amide bonds. The predicted octanol–water partition coefficient (Wildman–Crippen LogP) is 3.26. The summed E-state index contributed by atoms with van der Waals surface area (Å²) in [6.45, 7) is 0.581. The van der Waals surface area contributed by atoms with Gasteiger partial charge in [0.25, 0.3) is 5.91 Å². The first-order valence-corrected chi connectivity index (χ1v) is 8.33. The van der Waals surface area contributed by atoms with Crippen molar-refractivity contribution in [1.82, 2.24) is 4.90 Å². The third-order valence-corrected chi connectivity index (χ3v) is 4.70. The third kappa shape index (κ3) is 3.13. The number of hydrogen-bond acceptors (Lipinski definition) is 5. The van der Waals surface area contributed by atoms with Gasteiger partial charge >= 0.3 is 5.69 Å². The molecule has 0 spiro atoms. The van der Waals surface area contributed by atoms with E-state index in [9.17, 15) is 14.9 Å². The molecule has 0 N–H and O–H groups in total. The van der Waals surface area contributed by atoms with Gasteiger partial charge in [0.15, 0.2) is 5.75 Å². The number of ether oxygens (including phenoxy) is 1. The maximum absolute atomic E-state index is 13.1. The number of benzene rings is 2. The number of fused-ring (bicyclic) bond motifs is 1. The first-order chi connectivity index (χ1) is 12.4. The molecule has 2 aromatic rings. The Morgan fingerprint density at radius 2 is 2.00 bits per heavy atom. The lowest BCUT2D eigenvalue weighted by Crippen LogP contribution is -2.39. The Kier molecular flexibility index (Phi) is 4.90. The zero-order valence-electron chi connectivity index (χ0n) is 15.0. The number of nitro benzene ring substituents is 1. The van der Waals surface area contributed by atoms with Crippen molar-refractivity contribution in [2.24, 2.45) is 0 Å². The zero-order chi connectivity index (χ0) is 18.8. The molecular weight excluding hydrogens is 334 g/mol. The standard InChI is InChI=1S/C19H21N3O4/c1-20(2)15-10-11-21(16-7-5-4-6-14(15)16)19(23)13-8-9-17(22(24)25)18(12-13)26-3/h4-9,12,15H,10-11H2,1-3H3. The summed E-state index contributed by atoms with van der Waals surface area (Å²) in [6.07, 6.45) is 0.819. The normalized spacial score (nSPS) is 16.3. The first-order valence-electron chi connectivity index (χ1n) is 8.33.